The Bertz CT molecular complexity index is 749. The molecule has 1 unspecified atom stereocenters. The van der Waals surface area contributed by atoms with Crippen LogP contribution in [0.15, 0.2) is 91.0 Å². The van der Waals surface area contributed by atoms with Gasteiger partial charge in [-0.15, -0.1) is 0 Å². The van der Waals surface area contributed by atoms with Crippen LogP contribution in [0.2, 0.25) is 0 Å². The maximum Gasteiger partial charge on any atom is 0.305 e. The fourth-order valence-corrected chi connectivity index (χ4v) is 3.01. The molecule has 0 fully saturated rings. The van der Waals surface area contributed by atoms with Crippen LogP contribution in [-0.4, -0.2) is 11.1 Å². The smallest absolute Gasteiger partial charge is 0.305 e. The minimum absolute atomic E-state index is 0.0280. The SMILES string of the molecule is O=C(O)CC(NC(c1ccccc1)c1ccccc1)c1ccccc1. The van der Waals surface area contributed by atoms with Crippen molar-refractivity contribution in [1.29, 1.82) is 0 Å². The van der Waals surface area contributed by atoms with Gasteiger partial charge >= 0.3 is 5.97 Å². The predicted octanol–water partition coefficient (Wildman–Crippen LogP) is 4.58. The van der Waals surface area contributed by atoms with Crippen LogP contribution in [0.4, 0.5) is 0 Å². The van der Waals surface area contributed by atoms with E-state index >= 15 is 0 Å². The highest BCUT2D eigenvalue weighted by Gasteiger charge is 2.22. The monoisotopic (exact) mass is 331 g/mol. The van der Waals surface area contributed by atoms with Crippen LogP contribution < -0.4 is 5.32 Å². The number of carbonyl (C=O) groups is 1. The molecule has 3 nitrogen and oxygen atoms in total. The van der Waals surface area contributed by atoms with Crippen molar-refractivity contribution in [2.45, 2.75) is 18.5 Å². The third kappa shape index (κ3) is 4.55. The number of carboxylic acids is 1. The van der Waals surface area contributed by atoms with Gasteiger partial charge < -0.3 is 5.11 Å². The number of nitrogens with one attached hydrogen (secondary N) is 1. The first kappa shape index (κ1) is 16.9. The molecule has 3 rings (SSSR count). The molecule has 0 aliphatic carbocycles. The fourth-order valence-electron chi connectivity index (χ4n) is 3.01. The van der Waals surface area contributed by atoms with Gasteiger partial charge in [0.05, 0.1) is 12.5 Å². The van der Waals surface area contributed by atoms with Crippen molar-refractivity contribution in [2.24, 2.45) is 0 Å². The summed E-state index contributed by atoms with van der Waals surface area (Å²) in [6, 6.07) is 29.6. The number of hydrogen-bond acceptors (Lipinski definition) is 2. The molecule has 1 atom stereocenters. The van der Waals surface area contributed by atoms with Crippen LogP contribution in [0.25, 0.3) is 0 Å². The molecular formula is C22H21NO2. The highest BCUT2D eigenvalue weighted by atomic mass is 16.4. The lowest BCUT2D eigenvalue weighted by molar-refractivity contribution is -0.137. The first-order chi connectivity index (χ1) is 12.2. The van der Waals surface area contributed by atoms with Gasteiger partial charge in [0.25, 0.3) is 0 Å². The second-order valence-electron chi connectivity index (χ2n) is 5.98. The Kier molecular flexibility index (Phi) is 5.60. The zero-order valence-electron chi connectivity index (χ0n) is 13.9. The molecule has 0 spiro atoms. The van der Waals surface area contributed by atoms with Gasteiger partial charge in [0.2, 0.25) is 0 Å². The van der Waals surface area contributed by atoms with Gasteiger partial charge in [-0.3, -0.25) is 10.1 Å². The summed E-state index contributed by atoms with van der Waals surface area (Å²) in [4.78, 5) is 11.4. The van der Waals surface area contributed by atoms with Gasteiger partial charge in [0.1, 0.15) is 0 Å². The van der Waals surface area contributed by atoms with E-state index < -0.39 is 5.97 Å². The Morgan fingerprint density at radius 1 is 0.720 bits per heavy atom. The Morgan fingerprint density at radius 3 is 1.52 bits per heavy atom. The maximum atomic E-state index is 11.4. The second kappa shape index (κ2) is 8.27. The van der Waals surface area contributed by atoms with E-state index in [2.05, 4.69) is 29.6 Å². The van der Waals surface area contributed by atoms with Crippen molar-refractivity contribution >= 4 is 5.97 Å². The normalized spacial score (nSPS) is 12.0. The average Bonchev–Trinajstić information content (AvgIpc) is 2.67. The number of hydrogen-bond donors (Lipinski definition) is 2. The highest BCUT2D eigenvalue weighted by molar-refractivity contribution is 5.68. The van der Waals surface area contributed by atoms with E-state index in [9.17, 15) is 9.90 Å². The first-order valence-electron chi connectivity index (χ1n) is 8.36. The van der Waals surface area contributed by atoms with E-state index in [1.54, 1.807) is 0 Å². The first-order valence-corrected chi connectivity index (χ1v) is 8.36. The van der Waals surface area contributed by atoms with Crippen LogP contribution in [0.1, 0.15) is 35.2 Å². The van der Waals surface area contributed by atoms with Crippen molar-refractivity contribution in [3.63, 3.8) is 0 Å². The van der Waals surface area contributed by atoms with E-state index in [1.807, 2.05) is 66.7 Å². The van der Waals surface area contributed by atoms with E-state index in [4.69, 9.17) is 0 Å². The zero-order chi connectivity index (χ0) is 17.5. The quantitative estimate of drug-likeness (QED) is 0.666. The molecule has 0 aliphatic rings. The van der Waals surface area contributed by atoms with E-state index in [-0.39, 0.29) is 18.5 Å². The standard InChI is InChI=1S/C22H21NO2/c24-21(25)16-20(17-10-4-1-5-11-17)23-22(18-12-6-2-7-13-18)19-14-8-3-9-15-19/h1-15,20,22-23H,16H2,(H,24,25). The topological polar surface area (TPSA) is 49.3 Å². The van der Waals surface area contributed by atoms with Gasteiger partial charge in [0.15, 0.2) is 0 Å². The van der Waals surface area contributed by atoms with Crippen LogP contribution in [-0.2, 0) is 4.79 Å². The lowest BCUT2D eigenvalue weighted by Gasteiger charge is -2.26. The molecule has 3 aromatic carbocycles. The van der Waals surface area contributed by atoms with Gasteiger partial charge in [0, 0.05) is 6.04 Å². The second-order valence-corrected chi connectivity index (χ2v) is 5.98. The molecule has 0 saturated carbocycles. The van der Waals surface area contributed by atoms with Crippen LogP contribution in [0.3, 0.4) is 0 Å². The largest absolute Gasteiger partial charge is 0.481 e. The summed E-state index contributed by atoms with van der Waals surface area (Å²) in [5.74, 6) is -0.818. The number of rotatable bonds is 7. The molecule has 0 radical (unpaired) electrons. The summed E-state index contributed by atoms with van der Waals surface area (Å²) in [6.07, 6.45) is 0.0280. The molecule has 126 valence electrons. The Hall–Kier alpha value is -2.91. The lowest BCUT2D eigenvalue weighted by atomic mass is 9.95. The molecule has 0 heterocycles. The molecule has 0 bridgehead atoms. The van der Waals surface area contributed by atoms with Crippen LogP contribution >= 0.6 is 0 Å². The number of carboxylic acid groups (broad SMARTS) is 1. The lowest BCUT2D eigenvalue weighted by Crippen LogP contribution is -2.29. The Balaban J connectivity index is 1.96. The predicted molar refractivity (Wildman–Crippen MR) is 99.3 cm³/mol. The Morgan fingerprint density at radius 2 is 1.12 bits per heavy atom. The average molecular weight is 331 g/mol. The van der Waals surface area contributed by atoms with Crippen LogP contribution in [0.5, 0.6) is 0 Å². The molecule has 0 saturated heterocycles. The summed E-state index contributed by atoms with van der Waals surface area (Å²) < 4.78 is 0. The minimum atomic E-state index is -0.818. The van der Waals surface area contributed by atoms with Crippen LogP contribution in [0, 0.1) is 0 Å². The Labute approximate surface area is 148 Å². The van der Waals surface area contributed by atoms with Gasteiger partial charge in [-0.25, -0.2) is 0 Å². The van der Waals surface area contributed by atoms with Gasteiger partial charge in [-0.05, 0) is 16.7 Å². The molecular weight excluding hydrogens is 310 g/mol. The summed E-state index contributed by atoms with van der Waals surface area (Å²) in [7, 11) is 0. The van der Waals surface area contributed by atoms with Crippen molar-refractivity contribution in [2.75, 3.05) is 0 Å². The molecule has 2 N–H and O–H groups in total. The number of aliphatic carboxylic acids is 1. The minimum Gasteiger partial charge on any atom is -0.481 e. The van der Waals surface area contributed by atoms with Gasteiger partial charge in [-0.2, -0.15) is 0 Å². The summed E-state index contributed by atoms with van der Waals surface area (Å²) >= 11 is 0. The number of benzene rings is 3. The molecule has 0 aliphatic heterocycles. The zero-order valence-corrected chi connectivity index (χ0v) is 13.9. The third-order valence-corrected chi connectivity index (χ3v) is 4.21. The molecule has 3 aromatic rings. The van der Waals surface area contributed by atoms with Crippen molar-refractivity contribution < 1.29 is 9.90 Å². The summed E-state index contributed by atoms with van der Waals surface area (Å²) in [6.45, 7) is 0. The van der Waals surface area contributed by atoms with E-state index in [0.717, 1.165) is 16.7 Å². The molecule has 25 heavy (non-hydrogen) atoms. The van der Waals surface area contributed by atoms with E-state index in [0.29, 0.717) is 0 Å². The highest BCUT2D eigenvalue weighted by Crippen LogP contribution is 2.27. The fraction of sp³-hybridized carbons (Fsp3) is 0.136. The summed E-state index contributed by atoms with van der Waals surface area (Å²) in [5, 5.41) is 12.9. The third-order valence-electron chi connectivity index (χ3n) is 4.21. The molecule has 0 amide bonds. The summed E-state index contributed by atoms with van der Waals surface area (Å²) in [5.41, 5.74) is 3.20. The van der Waals surface area contributed by atoms with Gasteiger partial charge in [-0.1, -0.05) is 91.0 Å². The van der Waals surface area contributed by atoms with E-state index in [1.165, 1.54) is 0 Å². The maximum absolute atomic E-state index is 11.4. The molecule has 3 heteroatoms. The van der Waals surface area contributed by atoms with Crippen molar-refractivity contribution in [1.82, 2.24) is 5.32 Å². The van der Waals surface area contributed by atoms with Crippen molar-refractivity contribution in [3.05, 3.63) is 108 Å². The van der Waals surface area contributed by atoms with Crippen molar-refractivity contribution in [3.8, 4) is 0 Å². The molecule has 0 aromatic heterocycles.